The third kappa shape index (κ3) is 6.42. The van der Waals surface area contributed by atoms with Gasteiger partial charge in [0.1, 0.15) is 0 Å². The number of nitrogens with one attached hydrogen (secondary N) is 1. The van der Waals surface area contributed by atoms with Gasteiger partial charge >= 0.3 is 0 Å². The van der Waals surface area contributed by atoms with Gasteiger partial charge in [0.15, 0.2) is 9.84 Å². The van der Waals surface area contributed by atoms with Crippen molar-refractivity contribution in [2.45, 2.75) is 37.1 Å². The van der Waals surface area contributed by atoms with Crippen LogP contribution in [0.5, 0.6) is 0 Å². The van der Waals surface area contributed by atoms with Crippen LogP contribution in [0.25, 0.3) is 0 Å². The number of sulfone groups is 1. The molecule has 1 saturated heterocycles. The Morgan fingerprint density at radius 3 is 2.33 bits per heavy atom. The lowest BCUT2D eigenvalue weighted by molar-refractivity contribution is -0.130. The van der Waals surface area contributed by atoms with Gasteiger partial charge in [-0.2, -0.15) is 0 Å². The van der Waals surface area contributed by atoms with E-state index in [0.29, 0.717) is 23.8 Å². The largest absolute Gasteiger partial charge is 0.341 e. The number of carbonyl (C=O) groups excluding carboxylic acids is 1. The van der Waals surface area contributed by atoms with Crippen molar-refractivity contribution in [3.05, 3.63) is 29.8 Å². The van der Waals surface area contributed by atoms with Gasteiger partial charge in [0.05, 0.1) is 4.90 Å². The SMILES string of the molecule is CN(Cc1ccc(S(C)(=O)=O)cc1)C(=O)CCC1CCNCC1.Cl. The number of hydrogen-bond donors (Lipinski definition) is 1. The molecule has 0 aliphatic carbocycles. The maximum Gasteiger partial charge on any atom is 0.222 e. The van der Waals surface area contributed by atoms with E-state index in [4.69, 9.17) is 0 Å². The average molecular weight is 375 g/mol. The van der Waals surface area contributed by atoms with E-state index >= 15 is 0 Å². The van der Waals surface area contributed by atoms with Gasteiger partial charge in [0.2, 0.25) is 5.91 Å². The summed E-state index contributed by atoms with van der Waals surface area (Å²) in [7, 11) is -1.37. The minimum atomic E-state index is -3.17. The Kier molecular flexibility index (Phi) is 8.19. The fraction of sp³-hybridized carbons (Fsp3) is 0.588. The number of nitrogens with zero attached hydrogens (tertiary/aromatic N) is 1. The van der Waals surface area contributed by atoms with Gasteiger partial charge in [-0.1, -0.05) is 12.1 Å². The van der Waals surface area contributed by atoms with Crippen LogP contribution in [0, 0.1) is 5.92 Å². The van der Waals surface area contributed by atoms with Crippen molar-refractivity contribution in [3.8, 4) is 0 Å². The number of carbonyl (C=O) groups is 1. The lowest BCUT2D eigenvalue weighted by atomic mass is 9.93. The summed E-state index contributed by atoms with van der Waals surface area (Å²) >= 11 is 0. The summed E-state index contributed by atoms with van der Waals surface area (Å²) in [6.45, 7) is 2.62. The van der Waals surface area contributed by atoms with Gasteiger partial charge < -0.3 is 10.2 Å². The Hall–Kier alpha value is -1.11. The number of benzene rings is 1. The minimum Gasteiger partial charge on any atom is -0.341 e. The predicted octanol–water partition coefficient (Wildman–Crippen LogP) is 2.25. The highest BCUT2D eigenvalue weighted by Crippen LogP contribution is 2.19. The van der Waals surface area contributed by atoms with Crippen molar-refractivity contribution >= 4 is 28.2 Å². The van der Waals surface area contributed by atoms with Crippen LogP contribution < -0.4 is 5.32 Å². The Balaban J connectivity index is 0.00000288. The molecule has 7 heteroatoms. The Morgan fingerprint density at radius 1 is 1.21 bits per heavy atom. The summed E-state index contributed by atoms with van der Waals surface area (Å²) < 4.78 is 22.9. The molecule has 0 radical (unpaired) electrons. The quantitative estimate of drug-likeness (QED) is 0.829. The molecule has 1 aromatic carbocycles. The number of rotatable bonds is 6. The van der Waals surface area contributed by atoms with Crippen LogP contribution in [0.3, 0.4) is 0 Å². The molecule has 0 unspecified atom stereocenters. The van der Waals surface area contributed by atoms with Crippen molar-refractivity contribution in [2.75, 3.05) is 26.4 Å². The molecule has 1 heterocycles. The van der Waals surface area contributed by atoms with Gasteiger partial charge in [-0.05, 0) is 56.0 Å². The lowest BCUT2D eigenvalue weighted by Crippen LogP contribution is -2.30. The van der Waals surface area contributed by atoms with Crippen molar-refractivity contribution in [3.63, 3.8) is 0 Å². The first-order valence-corrected chi connectivity index (χ1v) is 9.99. The second-order valence-corrected chi connectivity index (χ2v) is 8.41. The van der Waals surface area contributed by atoms with E-state index in [1.165, 1.54) is 6.26 Å². The first-order chi connectivity index (χ1) is 10.9. The van der Waals surface area contributed by atoms with Crippen molar-refractivity contribution in [1.82, 2.24) is 10.2 Å². The Morgan fingerprint density at radius 2 is 1.79 bits per heavy atom. The first kappa shape index (κ1) is 20.9. The molecule has 0 spiro atoms. The van der Waals surface area contributed by atoms with Crippen LogP contribution >= 0.6 is 12.4 Å². The molecule has 1 aliphatic heterocycles. The smallest absolute Gasteiger partial charge is 0.222 e. The van der Waals surface area contributed by atoms with Crippen LogP contribution in [0.4, 0.5) is 0 Å². The van der Waals surface area contributed by atoms with E-state index in [1.807, 2.05) is 0 Å². The van der Waals surface area contributed by atoms with E-state index < -0.39 is 9.84 Å². The lowest BCUT2D eigenvalue weighted by Gasteiger charge is -2.23. The molecule has 1 amide bonds. The second kappa shape index (κ2) is 9.39. The van der Waals surface area contributed by atoms with Gasteiger partial charge in [-0.15, -0.1) is 12.4 Å². The molecular weight excluding hydrogens is 348 g/mol. The van der Waals surface area contributed by atoms with Crippen molar-refractivity contribution in [1.29, 1.82) is 0 Å². The zero-order chi connectivity index (χ0) is 16.9. The molecule has 1 N–H and O–H groups in total. The molecule has 2 rings (SSSR count). The van der Waals surface area contributed by atoms with Crippen LogP contribution in [0.15, 0.2) is 29.2 Å². The molecule has 1 aliphatic rings. The van der Waals surface area contributed by atoms with Crippen LogP contribution in [-0.4, -0.2) is 45.6 Å². The maximum atomic E-state index is 12.2. The third-order valence-electron chi connectivity index (χ3n) is 4.42. The third-order valence-corrected chi connectivity index (χ3v) is 5.55. The number of halogens is 1. The normalized spacial score (nSPS) is 15.6. The Bertz CT molecular complexity index is 626. The molecular formula is C17H27ClN2O3S. The molecule has 136 valence electrons. The fourth-order valence-electron chi connectivity index (χ4n) is 2.89. The zero-order valence-electron chi connectivity index (χ0n) is 14.3. The van der Waals surface area contributed by atoms with E-state index in [0.717, 1.165) is 37.9 Å². The van der Waals surface area contributed by atoms with E-state index in [9.17, 15) is 13.2 Å². The standard InChI is InChI=1S/C17H26N2O3S.ClH/c1-19(17(20)8-5-14-9-11-18-12-10-14)13-15-3-6-16(7-4-15)23(2,21)22;/h3-4,6-7,14,18H,5,8-13H2,1-2H3;1H. The van der Waals surface area contributed by atoms with Gasteiger partial charge in [-0.25, -0.2) is 8.42 Å². The predicted molar refractivity (Wildman–Crippen MR) is 98.1 cm³/mol. The van der Waals surface area contributed by atoms with Crippen molar-refractivity contribution < 1.29 is 13.2 Å². The molecule has 0 aromatic heterocycles. The van der Waals surface area contributed by atoms with Crippen molar-refractivity contribution in [2.24, 2.45) is 5.92 Å². The van der Waals surface area contributed by atoms with Crippen LogP contribution in [0.1, 0.15) is 31.2 Å². The minimum absolute atomic E-state index is 0. The number of amides is 1. The highest BCUT2D eigenvalue weighted by atomic mass is 35.5. The summed E-state index contributed by atoms with van der Waals surface area (Å²) in [4.78, 5) is 14.3. The highest BCUT2D eigenvalue weighted by molar-refractivity contribution is 7.90. The summed E-state index contributed by atoms with van der Waals surface area (Å²) in [5, 5.41) is 3.33. The molecule has 0 saturated carbocycles. The topological polar surface area (TPSA) is 66.5 Å². The summed E-state index contributed by atoms with van der Waals surface area (Å²) in [6.07, 6.45) is 5.05. The fourth-order valence-corrected chi connectivity index (χ4v) is 3.52. The van der Waals surface area contributed by atoms with Gasteiger partial charge in [0, 0.05) is 26.3 Å². The van der Waals surface area contributed by atoms with E-state index in [-0.39, 0.29) is 18.3 Å². The molecule has 5 nitrogen and oxygen atoms in total. The molecule has 0 bridgehead atoms. The monoisotopic (exact) mass is 374 g/mol. The number of hydrogen-bond acceptors (Lipinski definition) is 4. The van der Waals surface area contributed by atoms with Gasteiger partial charge in [-0.3, -0.25) is 4.79 Å². The van der Waals surface area contributed by atoms with E-state index in [2.05, 4.69) is 5.32 Å². The number of piperidine rings is 1. The summed E-state index contributed by atoms with van der Waals surface area (Å²) in [5.74, 6) is 0.804. The molecule has 1 fully saturated rings. The van der Waals surface area contributed by atoms with Gasteiger partial charge in [0.25, 0.3) is 0 Å². The zero-order valence-corrected chi connectivity index (χ0v) is 16.0. The van der Waals surface area contributed by atoms with Crippen LogP contribution in [0.2, 0.25) is 0 Å². The first-order valence-electron chi connectivity index (χ1n) is 8.10. The maximum absolute atomic E-state index is 12.2. The summed E-state index contributed by atoms with van der Waals surface area (Å²) in [5.41, 5.74) is 0.940. The average Bonchev–Trinajstić information content (AvgIpc) is 2.53. The second-order valence-electron chi connectivity index (χ2n) is 6.40. The highest BCUT2D eigenvalue weighted by Gasteiger charge is 2.16. The summed E-state index contributed by atoms with van der Waals surface area (Å²) in [6, 6.07) is 6.73. The molecule has 1 aromatic rings. The van der Waals surface area contributed by atoms with E-state index in [1.54, 1.807) is 36.2 Å². The molecule has 0 atom stereocenters. The van der Waals surface area contributed by atoms with Crippen LogP contribution in [-0.2, 0) is 21.2 Å². The molecule has 24 heavy (non-hydrogen) atoms. The Labute approximate surface area is 151 Å².